The number of rotatable bonds is 4. The zero-order valence-electron chi connectivity index (χ0n) is 30.8. The Morgan fingerprint density at radius 1 is 0.456 bits per heavy atom. The van der Waals surface area contributed by atoms with E-state index >= 15 is 0 Å². The van der Waals surface area contributed by atoms with Crippen molar-refractivity contribution in [2.75, 3.05) is 0 Å². The van der Waals surface area contributed by atoms with Crippen molar-refractivity contribution in [3.05, 3.63) is 216 Å². The van der Waals surface area contributed by atoms with Crippen LogP contribution in [0.1, 0.15) is 28.2 Å². The topological polar surface area (TPSA) is 35.0 Å². The van der Waals surface area contributed by atoms with Crippen molar-refractivity contribution in [2.45, 2.75) is 11.3 Å². The largest absolute Gasteiger partial charge is 0.457 e. The minimum Gasteiger partial charge on any atom is -0.457 e. The first-order valence-electron chi connectivity index (χ1n) is 19.6. The molecule has 1 aliphatic heterocycles. The molecule has 0 radical (unpaired) electrons. The minimum atomic E-state index is -0.435. The van der Waals surface area contributed by atoms with Crippen LogP contribution in [-0.4, -0.2) is 9.97 Å². The van der Waals surface area contributed by atoms with Gasteiger partial charge in [-0.25, -0.2) is 9.97 Å². The second-order valence-electron chi connectivity index (χ2n) is 15.2. The molecule has 2 aliphatic carbocycles. The van der Waals surface area contributed by atoms with Crippen molar-refractivity contribution in [1.82, 2.24) is 9.97 Å². The van der Waals surface area contributed by atoms with Gasteiger partial charge in [-0.2, -0.15) is 0 Å². The van der Waals surface area contributed by atoms with Crippen LogP contribution in [0.3, 0.4) is 0 Å². The lowest BCUT2D eigenvalue weighted by molar-refractivity contribution is 0.374. The number of hydrogen-bond acceptors (Lipinski definition) is 4. The molecule has 0 fully saturated rings. The molecule has 7 aromatic carbocycles. The summed E-state index contributed by atoms with van der Waals surface area (Å²) < 4.78 is 9.37. The van der Waals surface area contributed by atoms with Gasteiger partial charge in [-0.1, -0.05) is 152 Å². The number of nitrogens with zero attached hydrogens (tertiary/aromatic N) is 2. The van der Waals surface area contributed by atoms with Crippen molar-refractivity contribution in [3.8, 4) is 56.5 Å². The Bertz CT molecular complexity index is 3120. The number of para-hydroxylation sites is 1. The highest BCUT2D eigenvalue weighted by Gasteiger charge is 2.56. The van der Waals surface area contributed by atoms with Gasteiger partial charge in [0.05, 0.1) is 16.8 Å². The lowest BCUT2D eigenvalue weighted by atomic mass is 9.61. The van der Waals surface area contributed by atoms with Gasteiger partial charge in [0.1, 0.15) is 11.5 Å². The molecule has 0 saturated carbocycles. The van der Waals surface area contributed by atoms with E-state index in [1.54, 1.807) is 0 Å². The van der Waals surface area contributed by atoms with Crippen LogP contribution in [0.5, 0.6) is 11.5 Å². The molecule has 268 valence electrons. The average Bonchev–Trinajstić information content (AvgIpc) is 3.80. The standard InChI is InChI=1S/C53H34N2OS/c1-2-12-35(13-3-1)52-54-46(34-24-22-33(23-25-34)36-26-28-41-40-16-6-11-21-50(40)57-51(41)31-36)32-47(55-52)37-27-29-49-45(30-37)53(44-19-9-10-20-48(44)56-49)42-17-7-4-14-38(42)39-15-5-8-18-43(39)53/h1-32,38,42H. The fourth-order valence-corrected chi connectivity index (χ4v) is 10.9. The molecule has 0 amide bonds. The van der Waals surface area contributed by atoms with Crippen molar-refractivity contribution in [1.29, 1.82) is 0 Å². The Morgan fingerprint density at radius 3 is 2.02 bits per heavy atom. The molecule has 3 nitrogen and oxygen atoms in total. The molecule has 0 saturated heterocycles. The predicted octanol–water partition coefficient (Wildman–Crippen LogP) is 13.8. The quantitative estimate of drug-likeness (QED) is 0.180. The highest BCUT2D eigenvalue weighted by molar-refractivity contribution is 7.25. The first-order chi connectivity index (χ1) is 28.2. The Labute approximate surface area is 334 Å². The van der Waals surface area contributed by atoms with Crippen molar-refractivity contribution >= 4 is 31.5 Å². The van der Waals surface area contributed by atoms with Gasteiger partial charge in [0.25, 0.3) is 0 Å². The maximum absolute atomic E-state index is 6.75. The lowest BCUT2D eigenvalue weighted by Gasteiger charge is -2.43. The summed E-state index contributed by atoms with van der Waals surface area (Å²) in [5.74, 6) is 2.96. The molecule has 3 heterocycles. The number of benzene rings is 7. The van der Waals surface area contributed by atoms with Crippen LogP contribution < -0.4 is 4.74 Å². The zero-order chi connectivity index (χ0) is 37.5. The second-order valence-corrected chi connectivity index (χ2v) is 16.3. The monoisotopic (exact) mass is 746 g/mol. The number of hydrogen-bond donors (Lipinski definition) is 0. The van der Waals surface area contributed by atoms with Gasteiger partial charge < -0.3 is 4.74 Å². The van der Waals surface area contributed by atoms with Gasteiger partial charge in [-0.15, -0.1) is 11.3 Å². The average molecular weight is 747 g/mol. The normalized spacial score (nSPS) is 18.6. The lowest BCUT2D eigenvalue weighted by Crippen LogP contribution is -2.37. The highest BCUT2D eigenvalue weighted by Crippen LogP contribution is 2.64. The summed E-state index contributed by atoms with van der Waals surface area (Å²) in [5.41, 5.74) is 11.8. The summed E-state index contributed by atoms with van der Waals surface area (Å²) in [6, 6.07) is 61.0. The molecule has 4 heteroatoms. The maximum Gasteiger partial charge on any atom is 0.160 e. The van der Waals surface area contributed by atoms with E-state index < -0.39 is 5.41 Å². The zero-order valence-corrected chi connectivity index (χ0v) is 31.7. The van der Waals surface area contributed by atoms with Gasteiger partial charge in [-0.3, -0.25) is 0 Å². The van der Waals surface area contributed by atoms with Crippen LogP contribution in [0.2, 0.25) is 0 Å². The fraction of sp³-hybridized carbons (Fsp3) is 0.0566. The molecule has 3 unspecified atom stereocenters. The summed E-state index contributed by atoms with van der Waals surface area (Å²) in [6.45, 7) is 0. The maximum atomic E-state index is 6.75. The van der Waals surface area contributed by atoms with Crippen LogP contribution >= 0.6 is 11.3 Å². The predicted molar refractivity (Wildman–Crippen MR) is 234 cm³/mol. The van der Waals surface area contributed by atoms with E-state index in [2.05, 4.69) is 176 Å². The molecule has 9 aromatic rings. The van der Waals surface area contributed by atoms with Crippen LogP contribution in [0, 0.1) is 5.92 Å². The summed E-state index contributed by atoms with van der Waals surface area (Å²) in [4.78, 5) is 10.5. The molecular weight excluding hydrogens is 713 g/mol. The van der Waals surface area contributed by atoms with E-state index in [4.69, 9.17) is 14.7 Å². The number of ether oxygens (including phenoxy) is 1. The Morgan fingerprint density at radius 2 is 1.12 bits per heavy atom. The van der Waals surface area contributed by atoms with E-state index in [1.807, 2.05) is 29.5 Å². The fourth-order valence-electron chi connectivity index (χ4n) is 9.72. The summed E-state index contributed by atoms with van der Waals surface area (Å²) in [6.07, 6.45) is 9.19. The Kier molecular flexibility index (Phi) is 7.14. The molecule has 0 bridgehead atoms. The van der Waals surface area contributed by atoms with Crippen LogP contribution in [0.25, 0.3) is 65.2 Å². The molecule has 3 aliphatic rings. The Balaban J connectivity index is 1.00. The molecule has 2 aromatic heterocycles. The highest BCUT2D eigenvalue weighted by atomic mass is 32.1. The summed E-state index contributed by atoms with van der Waals surface area (Å²) in [5, 5.41) is 2.63. The molecular formula is C53H34N2OS. The second kappa shape index (κ2) is 12.6. The molecule has 3 atom stereocenters. The summed E-state index contributed by atoms with van der Waals surface area (Å²) >= 11 is 1.85. The van der Waals surface area contributed by atoms with Crippen molar-refractivity contribution < 1.29 is 4.74 Å². The van der Waals surface area contributed by atoms with Gasteiger partial charge in [0, 0.05) is 59.8 Å². The van der Waals surface area contributed by atoms with Gasteiger partial charge in [0.15, 0.2) is 5.82 Å². The van der Waals surface area contributed by atoms with E-state index in [0.29, 0.717) is 5.82 Å². The number of aromatic nitrogens is 2. The van der Waals surface area contributed by atoms with E-state index in [0.717, 1.165) is 39.6 Å². The van der Waals surface area contributed by atoms with Crippen molar-refractivity contribution in [2.24, 2.45) is 5.92 Å². The van der Waals surface area contributed by atoms with Gasteiger partial charge in [-0.05, 0) is 64.7 Å². The Hall–Kier alpha value is -6.88. The third-order valence-corrected chi connectivity index (χ3v) is 13.4. The molecule has 12 rings (SSSR count). The molecule has 57 heavy (non-hydrogen) atoms. The van der Waals surface area contributed by atoms with Crippen LogP contribution in [-0.2, 0) is 5.41 Å². The van der Waals surface area contributed by atoms with E-state index in [-0.39, 0.29) is 11.8 Å². The van der Waals surface area contributed by atoms with Crippen molar-refractivity contribution in [3.63, 3.8) is 0 Å². The first kappa shape index (κ1) is 32.4. The number of thiophene rings is 1. The summed E-state index contributed by atoms with van der Waals surface area (Å²) in [7, 11) is 0. The minimum absolute atomic E-state index is 0.192. The third-order valence-electron chi connectivity index (χ3n) is 12.3. The number of fused-ring (bicyclic) bond motifs is 12. The van der Waals surface area contributed by atoms with E-state index in [9.17, 15) is 0 Å². The first-order valence-corrected chi connectivity index (χ1v) is 20.4. The van der Waals surface area contributed by atoms with Gasteiger partial charge >= 0.3 is 0 Å². The molecule has 0 N–H and O–H groups in total. The number of allylic oxidation sites excluding steroid dienone is 4. The third kappa shape index (κ3) is 4.90. The van der Waals surface area contributed by atoms with E-state index in [1.165, 1.54) is 53.6 Å². The smallest absolute Gasteiger partial charge is 0.160 e. The van der Waals surface area contributed by atoms with Crippen LogP contribution in [0.4, 0.5) is 0 Å². The SMILES string of the molecule is C1=CC2c3ccccc3C3(c4ccccc4Oc4ccc(-c5cc(-c6ccc(-c7ccc8c(c7)sc7ccccc78)cc6)nc(-c6ccccc6)n5)cc43)C2C=C1. The van der Waals surface area contributed by atoms with Crippen LogP contribution in [0.15, 0.2) is 194 Å². The van der Waals surface area contributed by atoms with Gasteiger partial charge in [0.2, 0.25) is 0 Å². The molecule has 1 spiro atoms.